The van der Waals surface area contributed by atoms with Gasteiger partial charge in [-0.1, -0.05) is 20.3 Å². The van der Waals surface area contributed by atoms with E-state index in [-0.39, 0.29) is 6.10 Å². The fraction of sp³-hybridized carbons (Fsp3) is 1.00. The van der Waals surface area contributed by atoms with E-state index in [2.05, 4.69) is 13.8 Å². The lowest BCUT2D eigenvalue weighted by molar-refractivity contribution is 0.123. The van der Waals surface area contributed by atoms with E-state index in [0.29, 0.717) is 6.04 Å². The van der Waals surface area contributed by atoms with Gasteiger partial charge in [-0.2, -0.15) is 0 Å². The average Bonchev–Trinajstić information content (AvgIpc) is 1.97. The molecular weight excluding hydrogens is 138 g/mol. The maximum atomic E-state index is 8.97. The van der Waals surface area contributed by atoms with E-state index in [9.17, 15) is 0 Å². The van der Waals surface area contributed by atoms with Crippen molar-refractivity contribution >= 4 is 0 Å². The van der Waals surface area contributed by atoms with Gasteiger partial charge in [0.15, 0.2) is 0 Å². The molecule has 3 N–H and O–H groups in total. The molecule has 0 aromatic rings. The zero-order valence-electron chi connectivity index (χ0n) is 7.71. The van der Waals surface area contributed by atoms with Crippen molar-refractivity contribution in [2.45, 2.75) is 58.1 Å². The highest BCUT2D eigenvalue weighted by molar-refractivity contribution is 4.72. The first kappa shape index (κ1) is 10.9. The van der Waals surface area contributed by atoms with E-state index < -0.39 is 0 Å². The number of rotatable bonds is 0. The normalized spacial score (nSPS) is 30.5. The van der Waals surface area contributed by atoms with Crippen molar-refractivity contribution in [2.24, 2.45) is 5.73 Å². The van der Waals surface area contributed by atoms with Crippen LogP contribution in [0.25, 0.3) is 0 Å². The summed E-state index contributed by atoms with van der Waals surface area (Å²) in [6.07, 6.45) is 5.00. The van der Waals surface area contributed by atoms with Crippen molar-refractivity contribution in [2.75, 3.05) is 0 Å². The SMILES string of the molecule is CCC.NC1CCC(O)CC1. The number of hydrogen-bond acceptors (Lipinski definition) is 2. The first-order chi connectivity index (χ1) is 5.20. The lowest BCUT2D eigenvalue weighted by atomic mass is 9.94. The van der Waals surface area contributed by atoms with Crippen molar-refractivity contribution in [3.05, 3.63) is 0 Å². The Morgan fingerprint density at radius 2 is 1.55 bits per heavy atom. The monoisotopic (exact) mass is 159 g/mol. The molecular formula is C9H21NO. The van der Waals surface area contributed by atoms with Gasteiger partial charge < -0.3 is 10.8 Å². The fourth-order valence-electron chi connectivity index (χ4n) is 1.10. The van der Waals surface area contributed by atoms with Gasteiger partial charge in [0.25, 0.3) is 0 Å². The van der Waals surface area contributed by atoms with Crippen LogP contribution in [-0.4, -0.2) is 17.3 Å². The molecule has 0 aromatic carbocycles. The molecule has 1 saturated carbocycles. The third-order valence-electron chi connectivity index (χ3n) is 1.74. The molecule has 1 rings (SSSR count). The molecule has 2 nitrogen and oxygen atoms in total. The van der Waals surface area contributed by atoms with Crippen molar-refractivity contribution < 1.29 is 5.11 Å². The summed E-state index contributed by atoms with van der Waals surface area (Å²) in [5.41, 5.74) is 5.59. The molecule has 0 atom stereocenters. The standard InChI is InChI=1S/C6H13NO.C3H8/c7-5-1-3-6(8)4-2-5;1-3-2/h5-6,8H,1-4,7H2;3H2,1-2H3. The van der Waals surface area contributed by atoms with Crippen molar-refractivity contribution in [3.63, 3.8) is 0 Å². The summed E-state index contributed by atoms with van der Waals surface area (Å²) in [6, 6.07) is 0.360. The third-order valence-corrected chi connectivity index (χ3v) is 1.74. The zero-order valence-corrected chi connectivity index (χ0v) is 7.71. The van der Waals surface area contributed by atoms with Crippen LogP contribution in [0.3, 0.4) is 0 Å². The van der Waals surface area contributed by atoms with Gasteiger partial charge in [-0.25, -0.2) is 0 Å². The highest BCUT2D eigenvalue weighted by Gasteiger charge is 2.14. The molecule has 0 bridgehead atoms. The van der Waals surface area contributed by atoms with Gasteiger partial charge in [-0.15, -0.1) is 0 Å². The predicted molar refractivity (Wildman–Crippen MR) is 48.4 cm³/mol. The molecule has 0 radical (unpaired) electrons. The van der Waals surface area contributed by atoms with Gasteiger partial charge in [0.1, 0.15) is 0 Å². The first-order valence-electron chi connectivity index (χ1n) is 4.64. The van der Waals surface area contributed by atoms with Crippen LogP contribution in [0.2, 0.25) is 0 Å². The van der Waals surface area contributed by atoms with Crippen LogP contribution in [0, 0.1) is 0 Å². The van der Waals surface area contributed by atoms with Crippen LogP contribution in [0.1, 0.15) is 46.0 Å². The number of aliphatic hydroxyl groups excluding tert-OH is 1. The topological polar surface area (TPSA) is 46.2 Å². The third kappa shape index (κ3) is 6.32. The molecule has 0 saturated heterocycles. The summed E-state index contributed by atoms with van der Waals surface area (Å²) in [5, 5.41) is 8.97. The van der Waals surface area contributed by atoms with E-state index in [1.54, 1.807) is 0 Å². The minimum Gasteiger partial charge on any atom is -0.393 e. The quantitative estimate of drug-likeness (QED) is 0.564. The van der Waals surface area contributed by atoms with Crippen molar-refractivity contribution in [3.8, 4) is 0 Å². The van der Waals surface area contributed by atoms with Crippen LogP contribution in [-0.2, 0) is 0 Å². The predicted octanol–water partition coefficient (Wildman–Crippen LogP) is 1.66. The molecule has 0 unspecified atom stereocenters. The molecule has 0 aliphatic heterocycles. The molecule has 0 heterocycles. The van der Waals surface area contributed by atoms with Crippen LogP contribution in [0.4, 0.5) is 0 Å². The van der Waals surface area contributed by atoms with Gasteiger partial charge >= 0.3 is 0 Å². The minimum absolute atomic E-state index is 0.0604. The molecule has 1 fully saturated rings. The Hall–Kier alpha value is -0.0800. The molecule has 0 aromatic heterocycles. The second-order valence-electron chi connectivity index (χ2n) is 3.28. The Balaban J connectivity index is 0.000000292. The molecule has 11 heavy (non-hydrogen) atoms. The summed E-state index contributed by atoms with van der Waals surface area (Å²) in [4.78, 5) is 0. The van der Waals surface area contributed by atoms with E-state index in [1.165, 1.54) is 6.42 Å². The van der Waals surface area contributed by atoms with Gasteiger partial charge in [-0.05, 0) is 25.7 Å². The van der Waals surface area contributed by atoms with Crippen LogP contribution >= 0.6 is 0 Å². The Bertz CT molecular complexity index is 67.6. The van der Waals surface area contributed by atoms with Crippen LogP contribution in [0.5, 0.6) is 0 Å². The molecule has 1 aliphatic carbocycles. The largest absolute Gasteiger partial charge is 0.393 e. The summed E-state index contributed by atoms with van der Waals surface area (Å²) in [6.45, 7) is 4.25. The molecule has 0 spiro atoms. The fourth-order valence-corrected chi connectivity index (χ4v) is 1.10. The molecule has 1 aliphatic rings. The Labute approximate surface area is 69.8 Å². The minimum atomic E-state index is -0.0604. The van der Waals surface area contributed by atoms with Crippen LogP contribution in [0.15, 0.2) is 0 Å². The molecule has 0 amide bonds. The summed E-state index contributed by atoms with van der Waals surface area (Å²) in [7, 11) is 0. The summed E-state index contributed by atoms with van der Waals surface area (Å²) < 4.78 is 0. The van der Waals surface area contributed by atoms with E-state index >= 15 is 0 Å². The number of aliphatic hydroxyl groups is 1. The second kappa shape index (κ2) is 6.62. The van der Waals surface area contributed by atoms with Gasteiger partial charge in [0, 0.05) is 6.04 Å². The lowest BCUT2D eigenvalue weighted by Crippen LogP contribution is -2.28. The smallest absolute Gasteiger partial charge is 0.0541 e. The van der Waals surface area contributed by atoms with Crippen molar-refractivity contribution in [1.29, 1.82) is 0 Å². The van der Waals surface area contributed by atoms with E-state index in [1.807, 2.05) is 0 Å². The number of hydrogen-bond donors (Lipinski definition) is 2. The van der Waals surface area contributed by atoms with Crippen LogP contribution < -0.4 is 5.73 Å². The Morgan fingerprint density at radius 3 is 1.82 bits per heavy atom. The van der Waals surface area contributed by atoms with E-state index in [4.69, 9.17) is 10.8 Å². The summed E-state index contributed by atoms with van der Waals surface area (Å²) in [5.74, 6) is 0. The number of nitrogens with two attached hydrogens (primary N) is 1. The zero-order chi connectivity index (χ0) is 8.69. The molecule has 68 valence electrons. The van der Waals surface area contributed by atoms with Gasteiger partial charge in [0.2, 0.25) is 0 Å². The Kier molecular flexibility index (Phi) is 6.57. The first-order valence-corrected chi connectivity index (χ1v) is 4.64. The summed E-state index contributed by atoms with van der Waals surface area (Å²) >= 11 is 0. The maximum Gasteiger partial charge on any atom is 0.0541 e. The maximum absolute atomic E-state index is 8.97. The highest BCUT2D eigenvalue weighted by atomic mass is 16.3. The molecule has 2 heteroatoms. The Morgan fingerprint density at radius 1 is 1.18 bits per heavy atom. The van der Waals surface area contributed by atoms with Gasteiger partial charge in [-0.3, -0.25) is 0 Å². The van der Waals surface area contributed by atoms with Gasteiger partial charge in [0.05, 0.1) is 6.10 Å². The van der Waals surface area contributed by atoms with Crippen molar-refractivity contribution in [1.82, 2.24) is 0 Å². The average molecular weight is 159 g/mol. The highest BCUT2D eigenvalue weighted by Crippen LogP contribution is 2.15. The lowest BCUT2D eigenvalue weighted by Gasteiger charge is -2.21. The second-order valence-corrected chi connectivity index (χ2v) is 3.28. The van der Waals surface area contributed by atoms with E-state index in [0.717, 1.165) is 25.7 Å².